The van der Waals surface area contributed by atoms with Crippen LogP contribution in [0.4, 0.5) is 5.69 Å². The van der Waals surface area contributed by atoms with Gasteiger partial charge in [-0.1, -0.05) is 41.9 Å². The minimum absolute atomic E-state index is 0.128. The van der Waals surface area contributed by atoms with Crippen molar-refractivity contribution in [3.63, 3.8) is 0 Å². The quantitative estimate of drug-likeness (QED) is 0.315. The predicted octanol–water partition coefficient (Wildman–Crippen LogP) is 6.00. The molecule has 2 N–H and O–H groups in total. The molecule has 0 unspecified atom stereocenters. The first-order valence-corrected chi connectivity index (χ1v) is 11.0. The zero-order valence-electron chi connectivity index (χ0n) is 17.8. The van der Waals surface area contributed by atoms with Gasteiger partial charge in [0, 0.05) is 28.3 Å². The summed E-state index contributed by atoms with van der Waals surface area (Å²) in [6, 6.07) is 21.9. The molecule has 0 saturated carbocycles. The number of carboxylic acid groups (broad SMARTS) is 1. The molecule has 0 radical (unpaired) electrons. The lowest BCUT2D eigenvalue weighted by atomic mass is 10.0. The van der Waals surface area contributed by atoms with E-state index in [2.05, 4.69) is 5.32 Å². The van der Waals surface area contributed by atoms with Crippen LogP contribution in [-0.2, 0) is 11.2 Å². The van der Waals surface area contributed by atoms with Gasteiger partial charge in [-0.15, -0.1) is 0 Å². The molecule has 0 atom stereocenters. The molecule has 0 aliphatic rings. The van der Waals surface area contributed by atoms with Crippen LogP contribution in [0.2, 0.25) is 5.02 Å². The second-order valence-electron chi connectivity index (χ2n) is 7.65. The highest BCUT2D eigenvalue weighted by atomic mass is 35.5. The lowest BCUT2D eigenvalue weighted by Crippen LogP contribution is -2.11. The molecule has 33 heavy (non-hydrogen) atoms. The van der Waals surface area contributed by atoms with Crippen molar-refractivity contribution in [1.29, 1.82) is 0 Å². The molecule has 3 aromatic carbocycles. The number of carbonyl (C=O) groups is 2. The Morgan fingerprint density at radius 3 is 2.36 bits per heavy atom. The molecule has 0 spiro atoms. The molecule has 0 aliphatic heterocycles. The van der Waals surface area contributed by atoms with Crippen molar-refractivity contribution in [1.82, 2.24) is 9.97 Å². The van der Waals surface area contributed by atoms with Gasteiger partial charge in [0.05, 0.1) is 22.4 Å². The van der Waals surface area contributed by atoms with E-state index in [1.807, 2.05) is 36.4 Å². The standard InChI is InChI=1S/C26H22ClN3O3/c27-19-12-10-18(11-13-19)26(33)28-20-14-15-21-23(16-20)29-22(8-4-5-9-24(31)32)25(30-21)17-6-2-1-3-7-17/h1-3,6-7,10-16H,4-5,8-9H2,(H,28,33)(H,31,32). The smallest absolute Gasteiger partial charge is 0.303 e. The molecule has 0 fully saturated rings. The van der Waals surface area contributed by atoms with E-state index < -0.39 is 5.97 Å². The van der Waals surface area contributed by atoms with Crippen molar-refractivity contribution < 1.29 is 14.7 Å². The summed E-state index contributed by atoms with van der Waals surface area (Å²) in [6.07, 6.45) is 2.00. The molecule has 0 bridgehead atoms. The Morgan fingerprint density at radius 2 is 1.64 bits per heavy atom. The monoisotopic (exact) mass is 459 g/mol. The molecule has 6 nitrogen and oxygen atoms in total. The average Bonchev–Trinajstić information content (AvgIpc) is 2.82. The van der Waals surface area contributed by atoms with Gasteiger partial charge in [-0.3, -0.25) is 9.59 Å². The molecule has 0 aliphatic carbocycles. The number of rotatable bonds is 8. The second kappa shape index (κ2) is 10.2. The third-order valence-electron chi connectivity index (χ3n) is 5.20. The van der Waals surface area contributed by atoms with Gasteiger partial charge >= 0.3 is 5.97 Å². The Hall–Kier alpha value is -3.77. The Labute approximate surface area is 196 Å². The van der Waals surface area contributed by atoms with Crippen LogP contribution < -0.4 is 5.32 Å². The van der Waals surface area contributed by atoms with Crippen molar-refractivity contribution >= 4 is 40.2 Å². The zero-order chi connectivity index (χ0) is 23.2. The largest absolute Gasteiger partial charge is 0.481 e. The molecule has 4 rings (SSSR count). The fourth-order valence-corrected chi connectivity index (χ4v) is 3.67. The van der Waals surface area contributed by atoms with Crippen LogP contribution in [-0.4, -0.2) is 27.0 Å². The number of carboxylic acids is 1. The Balaban J connectivity index is 1.63. The number of halogens is 1. The zero-order valence-corrected chi connectivity index (χ0v) is 18.5. The van der Waals surface area contributed by atoms with Crippen LogP contribution in [0.1, 0.15) is 35.3 Å². The van der Waals surface area contributed by atoms with Crippen LogP contribution in [0.15, 0.2) is 72.8 Å². The van der Waals surface area contributed by atoms with Gasteiger partial charge in [-0.25, -0.2) is 9.97 Å². The number of benzene rings is 3. The van der Waals surface area contributed by atoms with E-state index in [9.17, 15) is 9.59 Å². The second-order valence-corrected chi connectivity index (χ2v) is 8.09. The molecular weight excluding hydrogens is 438 g/mol. The van der Waals surface area contributed by atoms with Crippen molar-refractivity contribution in [2.24, 2.45) is 0 Å². The van der Waals surface area contributed by atoms with Gasteiger partial charge in [-0.05, 0) is 61.7 Å². The number of aryl methyl sites for hydroxylation is 1. The Bertz CT molecular complexity index is 1290. The first kappa shape index (κ1) is 22.4. The highest BCUT2D eigenvalue weighted by molar-refractivity contribution is 6.30. The third-order valence-corrected chi connectivity index (χ3v) is 5.45. The van der Waals surface area contributed by atoms with E-state index in [0.717, 1.165) is 17.0 Å². The number of carbonyl (C=O) groups excluding carboxylic acids is 1. The molecule has 7 heteroatoms. The van der Waals surface area contributed by atoms with Crippen LogP contribution in [0, 0.1) is 0 Å². The minimum Gasteiger partial charge on any atom is -0.481 e. The maximum Gasteiger partial charge on any atom is 0.303 e. The first-order chi connectivity index (χ1) is 16.0. The maximum atomic E-state index is 12.6. The van der Waals surface area contributed by atoms with Crippen molar-refractivity contribution in [3.8, 4) is 11.3 Å². The van der Waals surface area contributed by atoms with Gasteiger partial charge < -0.3 is 10.4 Å². The van der Waals surface area contributed by atoms with Crippen LogP contribution >= 0.6 is 11.6 Å². The van der Waals surface area contributed by atoms with Gasteiger partial charge in [0.25, 0.3) is 5.91 Å². The molecule has 166 valence electrons. The minimum atomic E-state index is -0.802. The molecule has 4 aromatic rings. The van der Waals surface area contributed by atoms with Crippen LogP contribution in [0.5, 0.6) is 0 Å². The van der Waals surface area contributed by atoms with Gasteiger partial charge in [0.2, 0.25) is 0 Å². The van der Waals surface area contributed by atoms with Gasteiger partial charge in [-0.2, -0.15) is 0 Å². The molecule has 1 aromatic heterocycles. The van der Waals surface area contributed by atoms with Crippen LogP contribution in [0.25, 0.3) is 22.3 Å². The van der Waals surface area contributed by atoms with E-state index in [-0.39, 0.29) is 12.3 Å². The number of aliphatic carboxylic acids is 1. The Kier molecular flexibility index (Phi) is 6.95. The van der Waals surface area contributed by atoms with E-state index >= 15 is 0 Å². The fraction of sp³-hybridized carbons (Fsp3) is 0.154. The number of hydrogen-bond donors (Lipinski definition) is 2. The summed E-state index contributed by atoms with van der Waals surface area (Å²) in [6.45, 7) is 0. The van der Waals surface area contributed by atoms with E-state index in [0.29, 0.717) is 46.6 Å². The summed E-state index contributed by atoms with van der Waals surface area (Å²) in [5.74, 6) is -1.04. The summed E-state index contributed by atoms with van der Waals surface area (Å²) in [7, 11) is 0. The Morgan fingerprint density at radius 1 is 0.879 bits per heavy atom. The van der Waals surface area contributed by atoms with Crippen molar-refractivity contribution in [3.05, 3.63) is 89.1 Å². The predicted molar refractivity (Wildman–Crippen MR) is 130 cm³/mol. The maximum absolute atomic E-state index is 12.6. The summed E-state index contributed by atoms with van der Waals surface area (Å²) in [5.41, 5.74) is 5.05. The number of hydrogen-bond acceptors (Lipinski definition) is 4. The number of nitrogens with zero attached hydrogens (tertiary/aromatic N) is 2. The van der Waals surface area contributed by atoms with Crippen LogP contribution in [0.3, 0.4) is 0 Å². The molecule has 1 heterocycles. The summed E-state index contributed by atoms with van der Waals surface area (Å²) < 4.78 is 0. The molecule has 0 saturated heterocycles. The van der Waals surface area contributed by atoms with E-state index in [1.165, 1.54) is 0 Å². The lowest BCUT2D eigenvalue weighted by molar-refractivity contribution is -0.137. The normalized spacial score (nSPS) is 10.8. The van der Waals surface area contributed by atoms with E-state index in [1.54, 1.807) is 36.4 Å². The first-order valence-electron chi connectivity index (χ1n) is 10.6. The number of nitrogens with one attached hydrogen (secondary N) is 1. The van der Waals surface area contributed by atoms with Gasteiger partial charge in [0.15, 0.2) is 0 Å². The lowest BCUT2D eigenvalue weighted by Gasteiger charge is -2.12. The number of aromatic nitrogens is 2. The van der Waals surface area contributed by atoms with E-state index in [4.69, 9.17) is 26.7 Å². The number of amides is 1. The highest BCUT2D eigenvalue weighted by Gasteiger charge is 2.13. The van der Waals surface area contributed by atoms with Crippen molar-refractivity contribution in [2.75, 3.05) is 5.32 Å². The number of unbranched alkanes of at least 4 members (excludes halogenated alkanes) is 1. The number of fused-ring (bicyclic) bond motifs is 1. The highest BCUT2D eigenvalue weighted by Crippen LogP contribution is 2.26. The summed E-state index contributed by atoms with van der Waals surface area (Å²) in [4.78, 5) is 33.1. The topological polar surface area (TPSA) is 92.2 Å². The van der Waals surface area contributed by atoms with Gasteiger partial charge in [0.1, 0.15) is 0 Å². The molecule has 1 amide bonds. The fourth-order valence-electron chi connectivity index (χ4n) is 3.54. The molecular formula is C26H22ClN3O3. The summed E-state index contributed by atoms with van der Waals surface area (Å²) >= 11 is 5.90. The SMILES string of the molecule is O=C(O)CCCCc1nc2cc(NC(=O)c3ccc(Cl)cc3)ccc2nc1-c1ccccc1. The third kappa shape index (κ3) is 5.73. The summed E-state index contributed by atoms with van der Waals surface area (Å²) in [5, 5.41) is 12.4. The number of anilines is 1. The average molecular weight is 460 g/mol. The van der Waals surface area contributed by atoms with Crippen molar-refractivity contribution in [2.45, 2.75) is 25.7 Å².